The van der Waals surface area contributed by atoms with E-state index in [0.29, 0.717) is 10.6 Å². The number of aliphatic hydroxyl groups is 1. The SMILES string of the molecule is Cc1cccc(NS(=O)(=O)c2csc(CO)c2)c1C. The maximum absolute atomic E-state index is 12.2. The number of benzene rings is 1. The molecule has 1 heterocycles. The topological polar surface area (TPSA) is 66.4 Å². The van der Waals surface area contributed by atoms with Gasteiger partial charge in [0.05, 0.1) is 17.2 Å². The largest absolute Gasteiger partial charge is 0.391 e. The zero-order valence-corrected chi connectivity index (χ0v) is 12.3. The molecule has 2 aromatic rings. The fourth-order valence-electron chi connectivity index (χ4n) is 1.65. The van der Waals surface area contributed by atoms with E-state index in [-0.39, 0.29) is 11.5 Å². The van der Waals surface area contributed by atoms with Crippen LogP contribution in [0.4, 0.5) is 5.69 Å². The van der Waals surface area contributed by atoms with Gasteiger partial charge in [0.2, 0.25) is 0 Å². The number of rotatable bonds is 4. The summed E-state index contributed by atoms with van der Waals surface area (Å²) in [6.07, 6.45) is 0. The number of hydrogen-bond donors (Lipinski definition) is 2. The molecule has 6 heteroatoms. The minimum absolute atomic E-state index is 0.149. The number of anilines is 1. The van der Waals surface area contributed by atoms with Crippen LogP contribution in [-0.2, 0) is 16.6 Å². The van der Waals surface area contributed by atoms with E-state index in [1.165, 1.54) is 22.8 Å². The zero-order valence-electron chi connectivity index (χ0n) is 10.7. The predicted octanol–water partition coefficient (Wildman–Crippen LogP) is 2.66. The van der Waals surface area contributed by atoms with Crippen LogP contribution in [0.1, 0.15) is 16.0 Å². The van der Waals surface area contributed by atoms with Gasteiger partial charge in [-0.15, -0.1) is 11.3 Å². The van der Waals surface area contributed by atoms with E-state index in [9.17, 15) is 8.42 Å². The summed E-state index contributed by atoms with van der Waals surface area (Å²) in [5.41, 5.74) is 2.52. The van der Waals surface area contributed by atoms with Crippen molar-refractivity contribution in [3.8, 4) is 0 Å². The number of sulfonamides is 1. The fourth-order valence-corrected chi connectivity index (χ4v) is 3.91. The van der Waals surface area contributed by atoms with Crippen LogP contribution in [0.25, 0.3) is 0 Å². The van der Waals surface area contributed by atoms with E-state index in [4.69, 9.17) is 5.11 Å². The van der Waals surface area contributed by atoms with Gasteiger partial charge in [-0.05, 0) is 37.1 Å². The van der Waals surface area contributed by atoms with Crippen LogP contribution in [0.5, 0.6) is 0 Å². The van der Waals surface area contributed by atoms with Crippen molar-refractivity contribution in [1.29, 1.82) is 0 Å². The molecule has 4 nitrogen and oxygen atoms in total. The lowest BCUT2D eigenvalue weighted by atomic mass is 10.1. The zero-order chi connectivity index (χ0) is 14.0. The minimum atomic E-state index is -3.59. The van der Waals surface area contributed by atoms with Crippen molar-refractivity contribution >= 4 is 27.0 Å². The quantitative estimate of drug-likeness (QED) is 0.911. The number of hydrogen-bond acceptors (Lipinski definition) is 4. The second-order valence-corrected chi connectivity index (χ2v) is 6.94. The van der Waals surface area contributed by atoms with Gasteiger partial charge in [0.1, 0.15) is 0 Å². The Morgan fingerprint density at radius 1 is 1.32 bits per heavy atom. The van der Waals surface area contributed by atoms with E-state index in [1.807, 2.05) is 26.0 Å². The van der Waals surface area contributed by atoms with E-state index < -0.39 is 10.0 Å². The first-order chi connectivity index (χ1) is 8.94. The Bertz CT molecular complexity index is 690. The van der Waals surface area contributed by atoms with Crippen molar-refractivity contribution in [2.24, 2.45) is 0 Å². The molecule has 19 heavy (non-hydrogen) atoms. The van der Waals surface area contributed by atoms with Gasteiger partial charge in [0.25, 0.3) is 10.0 Å². The maximum Gasteiger partial charge on any atom is 0.262 e. The van der Waals surface area contributed by atoms with Gasteiger partial charge < -0.3 is 5.11 Å². The van der Waals surface area contributed by atoms with Gasteiger partial charge >= 0.3 is 0 Å². The second kappa shape index (κ2) is 5.32. The van der Waals surface area contributed by atoms with Crippen molar-refractivity contribution in [3.05, 3.63) is 45.6 Å². The molecule has 1 aromatic heterocycles. The lowest BCUT2D eigenvalue weighted by molar-refractivity contribution is 0.285. The van der Waals surface area contributed by atoms with E-state index >= 15 is 0 Å². The molecule has 1 aromatic carbocycles. The summed E-state index contributed by atoms with van der Waals surface area (Å²) >= 11 is 1.23. The molecule has 0 spiro atoms. The standard InChI is InChI=1S/C13H15NO3S2/c1-9-4-3-5-13(10(9)2)14-19(16,17)12-6-11(7-15)18-8-12/h3-6,8,14-15H,7H2,1-2H3. The molecule has 102 valence electrons. The second-order valence-electron chi connectivity index (χ2n) is 4.26. The normalized spacial score (nSPS) is 11.5. The summed E-state index contributed by atoms with van der Waals surface area (Å²) < 4.78 is 27.0. The molecule has 0 saturated heterocycles. The van der Waals surface area contributed by atoms with Crippen LogP contribution in [0, 0.1) is 13.8 Å². The molecule has 0 fully saturated rings. The summed E-state index contributed by atoms with van der Waals surface area (Å²) in [6.45, 7) is 3.66. The van der Waals surface area contributed by atoms with Gasteiger partial charge in [0, 0.05) is 10.3 Å². The van der Waals surface area contributed by atoms with Crippen LogP contribution in [0.3, 0.4) is 0 Å². The highest BCUT2D eigenvalue weighted by Crippen LogP contribution is 2.24. The first kappa shape index (κ1) is 14.0. The van der Waals surface area contributed by atoms with Crippen LogP contribution in [0.2, 0.25) is 0 Å². The smallest absolute Gasteiger partial charge is 0.262 e. The van der Waals surface area contributed by atoms with Crippen molar-refractivity contribution < 1.29 is 13.5 Å². The lowest BCUT2D eigenvalue weighted by Crippen LogP contribution is -2.13. The Kier molecular flexibility index (Phi) is 3.93. The molecule has 0 saturated carbocycles. The van der Waals surface area contributed by atoms with Crippen LogP contribution >= 0.6 is 11.3 Å². The van der Waals surface area contributed by atoms with Gasteiger partial charge in [-0.3, -0.25) is 4.72 Å². The minimum Gasteiger partial charge on any atom is -0.391 e. The van der Waals surface area contributed by atoms with E-state index in [0.717, 1.165) is 11.1 Å². The molecule has 0 aliphatic rings. The van der Waals surface area contributed by atoms with Gasteiger partial charge in [-0.1, -0.05) is 12.1 Å². The average molecular weight is 297 g/mol. The molecule has 0 radical (unpaired) electrons. The molecule has 0 bridgehead atoms. The van der Waals surface area contributed by atoms with Crippen LogP contribution in [0.15, 0.2) is 34.5 Å². The van der Waals surface area contributed by atoms with Gasteiger partial charge in [-0.2, -0.15) is 0 Å². The molecule has 2 N–H and O–H groups in total. The fraction of sp³-hybridized carbons (Fsp3) is 0.231. The molecular formula is C13H15NO3S2. The Hall–Kier alpha value is -1.37. The molecule has 0 unspecified atom stereocenters. The van der Waals surface area contributed by atoms with E-state index in [1.54, 1.807) is 6.07 Å². The first-order valence-corrected chi connectivity index (χ1v) is 8.07. The van der Waals surface area contributed by atoms with Crippen molar-refractivity contribution in [3.63, 3.8) is 0 Å². The van der Waals surface area contributed by atoms with Crippen molar-refractivity contribution in [1.82, 2.24) is 0 Å². The summed E-state index contributed by atoms with van der Waals surface area (Å²) in [7, 11) is -3.59. The van der Waals surface area contributed by atoms with Gasteiger partial charge in [0.15, 0.2) is 0 Å². The summed E-state index contributed by atoms with van der Waals surface area (Å²) in [5, 5.41) is 10.5. The van der Waals surface area contributed by atoms with Crippen LogP contribution in [-0.4, -0.2) is 13.5 Å². The maximum atomic E-state index is 12.2. The third-order valence-corrected chi connectivity index (χ3v) is 5.36. The molecule has 0 aliphatic heterocycles. The monoisotopic (exact) mass is 297 g/mol. The van der Waals surface area contributed by atoms with Crippen molar-refractivity contribution in [2.75, 3.05) is 4.72 Å². The lowest BCUT2D eigenvalue weighted by Gasteiger charge is -2.11. The highest BCUT2D eigenvalue weighted by atomic mass is 32.2. The number of aliphatic hydroxyl groups excluding tert-OH is 1. The molecule has 0 atom stereocenters. The Morgan fingerprint density at radius 2 is 2.05 bits per heavy atom. The van der Waals surface area contributed by atoms with Crippen LogP contribution < -0.4 is 4.72 Å². The molecule has 0 amide bonds. The van der Waals surface area contributed by atoms with Gasteiger partial charge in [-0.25, -0.2) is 8.42 Å². The van der Waals surface area contributed by atoms with E-state index in [2.05, 4.69) is 4.72 Å². The summed E-state index contributed by atoms with van der Waals surface area (Å²) in [6, 6.07) is 6.96. The summed E-state index contributed by atoms with van der Waals surface area (Å²) in [5.74, 6) is 0. The molecule has 2 rings (SSSR count). The molecule has 0 aliphatic carbocycles. The third-order valence-electron chi connectivity index (χ3n) is 2.94. The highest BCUT2D eigenvalue weighted by molar-refractivity contribution is 7.92. The Labute approximate surface area is 116 Å². The Morgan fingerprint density at radius 3 is 2.68 bits per heavy atom. The third kappa shape index (κ3) is 2.97. The first-order valence-electron chi connectivity index (χ1n) is 5.71. The highest BCUT2D eigenvalue weighted by Gasteiger charge is 2.17. The predicted molar refractivity (Wildman–Crippen MR) is 77.0 cm³/mol. The molecular weight excluding hydrogens is 282 g/mol. The number of aryl methyl sites for hydroxylation is 1. The number of thiophene rings is 1. The summed E-state index contributed by atoms with van der Waals surface area (Å²) in [4.78, 5) is 0.809. The average Bonchev–Trinajstić information content (AvgIpc) is 2.84. The Balaban J connectivity index is 2.33. The van der Waals surface area contributed by atoms with Crippen molar-refractivity contribution in [2.45, 2.75) is 25.3 Å². The number of nitrogens with one attached hydrogen (secondary N) is 1.